The second-order valence-corrected chi connectivity index (χ2v) is 1.78. The Labute approximate surface area is 56.4 Å². The predicted molar refractivity (Wildman–Crippen MR) is 35.0 cm³/mol. The maximum atomic E-state index is 7.98. The van der Waals surface area contributed by atoms with Crippen molar-refractivity contribution in [1.29, 1.82) is 0 Å². The highest BCUT2D eigenvalue weighted by Crippen LogP contribution is 2.17. The standard InChI is InChI=1S/C4H4N6/c5-9-7-3-1-2-4(3)8-10-6/h1-4H/t3-,4-/m0/s1. The summed E-state index contributed by atoms with van der Waals surface area (Å²) in [4.78, 5) is 5.16. The fourth-order valence-corrected chi connectivity index (χ4v) is 0.643. The Hall–Kier alpha value is -1.64. The van der Waals surface area contributed by atoms with Crippen LogP contribution in [0.3, 0.4) is 0 Å². The molecule has 0 heterocycles. The van der Waals surface area contributed by atoms with E-state index in [0.29, 0.717) is 0 Å². The van der Waals surface area contributed by atoms with Crippen molar-refractivity contribution in [3.63, 3.8) is 0 Å². The van der Waals surface area contributed by atoms with Gasteiger partial charge in [-0.05, 0) is 11.1 Å². The van der Waals surface area contributed by atoms with Crippen molar-refractivity contribution in [2.45, 2.75) is 12.1 Å². The van der Waals surface area contributed by atoms with Crippen molar-refractivity contribution < 1.29 is 0 Å². The molecule has 0 aliphatic heterocycles. The molecule has 10 heavy (non-hydrogen) atoms. The van der Waals surface area contributed by atoms with Crippen LogP contribution in [0.25, 0.3) is 20.9 Å². The van der Waals surface area contributed by atoms with Gasteiger partial charge in [0.25, 0.3) is 0 Å². The van der Waals surface area contributed by atoms with E-state index in [9.17, 15) is 0 Å². The zero-order valence-electron chi connectivity index (χ0n) is 4.99. The van der Waals surface area contributed by atoms with E-state index in [1.165, 1.54) is 0 Å². The van der Waals surface area contributed by atoms with Gasteiger partial charge in [-0.3, -0.25) is 0 Å². The molecular formula is C4H4N6. The molecule has 0 aromatic carbocycles. The van der Waals surface area contributed by atoms with E-state index in [0.717, 1.165) is 0 Å². The van der Waals surface area contributed by atoms with Crippen LogP contribution in [-0.2, 0) is 0 Å². The van der Waals surface area contributed by atoms with Crippen LogP contribution in [0.2, 0.25) is 0 Å². The minimum absolute atomic E-state index is 0.277. The van der Waals surface area contributed by atoms with Gasteiger partial charge in [0.15, 0.2) is 0 Å². The molecule has 6 heteroatoms. The van der Waals surface area contributed by atoms with E-state index in [-0.39, 0.29) is 12.1 Å². The van der Waals surface area contributed by atoms with Crippen molar-refractivity contribution in [3.05, 3.63) is 33.0 Å². The van der Waals surface area contributed by atoms with Gasteiger partial charge in [0.2, 0.25) is 0 Å². The highest BCUT2D eigenvalue weighted by molar-refractivity contribution is 5.19. The molecule has 0 aromatic rings. The summed E-state index contributed by atoms with van der Waals surface area (Å²) < 4.78 is 0. The molecule has 0 unspecified atom stereocenters. The molecule has 0 amide bonds. The highest BCUT2D eigenvalue weighted by Gasteiger charge is 2.20. The van der Waals surface area contributed by atoms with E-state index in [1.807, 2.05) is 0 Å². The van der Waals surface area contributed by atoms with Gasteiger partial charge in [-0.25, -0.2) is 0 Å². The average molecular weight is 136 g/mol. The Morgan fingerprint density at radius 3 is 1.60 bits per heavy atom. The summed E-state index contributed by atoms with van der Waals surface area (Å²) in [6.07, 6.45) is 3.39. The lowest BCUT2D eigenvalue weighted by atomic mass is 9.99. The molecule has 2 atom stereocenters. The Morgan fingerprint density at radius 2 is 1.40 bits per heavy atom. The van der Waals surface area contributed by atoms with Crippen LogP contribution in [-0.4, -0.2) is 12.1 Å². The maximum absolute atomic E-state index is 7.98. The lowest BCUT2D eigenvalue weighted by molar-refractivity contribution is 0.642. The Kier molecular flexibility index (Phi) is 1.80. The van der Waals surface area contributed by atoms with Gasteiger partial charge in [0, 0.05) is 9.82 Å². The maximum Gasteiger partial charge on any atom is 0.0674 e. The van der Waals surface area contributed by atoms with Crippen LogP contribution in [0, 0.1) is 0 Å². The SMILES string of the molecule is [N-]=[N+]=N[C@H]1C=C[C@@H]1N=[N+]=[N-]. The number of hydrogen-bond donors (Lipinski definition) is 0. The summed E-state index contributed by atoms with van der Waals surface area (Å²) in [5.41, 5.74) is 16.0. The van der Waals surface area contributed by atoms with E-state index in [4.69, 9.17) is 11.1 Å². The van der Waals surface area contributed by atoms with Gasteiger partial charge in [-0.1, -0.05) is 22.4 Å². The predicted octanol–water partition coefficient (Wildman–Crippen LogP) is 1.91. The molecule has 0 fully saturated rings. The van der Waals surface area contributed by atoms with Crippen LogP contribution in [0.1, 0.15) is 0 Å². The molecular weight excluding hydrogens is 132 g/mol. The molecule has 1 rings (SSSR count). The number of azide groups is 2. The highest BCUT2D eigenvalue weighted by atomic mass is 15.2. The smallest absolute Gasteiger partial charge is 0.0674 e. The third-order valence-corrected chi connectivity index (χ3v) is 1.23. The van der Waals surface area contributed by atoms with Crippen LogP contribution >= 0.6 is 0 Å². The summed E-state index contributed by atoms with van der Waals surface area (Å²) in [7, 11) is 0. The van der Waals surface area contributed by atoms with Crippen molar-refractivity contribution >= 4 is 0 Å². The summed E-state index contributed by atoms with van der Waals surface area (Å²) in [6, 6.07) is -0.554. The monoisotopic (exact) mass is 136 g/mol. The Morgan fingerprint density at radius 1 is 1.00 bits per heavy atom. The van der Waals surface area contributed by atoms with Crippen LogP contribution in [0.4, 0.5) is 0 Å². The zero-order chi connectivity index (χ0) is 7.40. The molecule has 0 aromatic heterocycles. The minimum atomic E-state index is -0.277. The number of nitrogens with zero attached hydrogens (tertiary/aromatic N) is 6. The largest absolute Gasteiger partial charge is 0.0858 e. The van der Waals surface area contributed by atoms with E-state index in [1.54, 1.807) is 12.2 Å². The number of rotatable bonds is 2. The molecule has 0 saturated heterocycles. The molecule has 1 aliphatic rings. The third kappa shape index (κ3) is 1.02. The minimum Gasteiger partial charge on any atom is -0.0858 e. The first-order valence-corrected chi connectivity index (χ1v) is 2.65. The molecule has 0 N–H and O–H groups in total. The molecule has 0 spiro atoms. The second kappa shape index (κ2) is 2.77. The average Bonchev–Trinajstić information content (AvgIpc) is 1.93. The third-order valence-electron chi connectivity index (χ3n) is 1.23. The Balaban J connectivity index is 2.62. The van der Waals surface area contributed by atoms with Gasteiger partial charge < -0.3 is 0 Å². The van der Waals surface area contributed by atoms with E-state index >= 15 is 0 Å². The first-order chi connectivity index (χ1) is 4.88. The normalized spacial score (nSPS) is 27.6. The zero-order valence-corrected chi connectivity index (χ0v) is 4.99. The van der Waals surface area contributed by atoms with Crippen molar-refractivity contribution in [2.24, 2.45) is 10.2 Å². The van der Waals surface area contributed by atoms with Crippen LogP contribution in [0.5, 0.6) is 0 Å². The first-order valence-electron chi connectivity index (χ1n) is 2.65. The van der Waals surface area contributed by atoms with E-state index < -0.39 is 0 Å². The summed E-state index contributed by atoms with van der Waals surface area (Å²) >= 11 is 0. The quantitative estimate of drug-likeness (QED) is 0.240. The van der Waals surface area contributed by atoms with Crippen molar-refractivity contribution in [2.75, 3.05) is 0 Å². The van der Waals surface area contributed by atoms with Gasteiger partial charge >= 0.3 is 0 Å². The van der Waals surface area contributed by atoms with E-state index in [2.05, 4.69) is 20.1 Å². The van der Waals surface area contributed by atoms with Crippen molar-refractivity contribution in [3.8, 4) is 0 Å². The number of hydrogen-bond acceptors (Lipinski definition) is 2. The Bertz CT molecular complexity index is 216. The second-order valence-electron chi connectivity index (χ2n) is 1.78. The molecule has 1 aliphatic carbocycles. The van der Waals surface area contributed by atoms with Crippen LogP contribution < -0.4 is 0 Å². The lowest BCUT2D eigenvalue weighted by Gasteiger charge is -2.19. The first kappa shape index (κ1) is 6.48. The molecule has 0 radical (unpaired) electrons. The summed E-state index contributed by atoms with van der Waals surface area (Å²) in [5.74, 6) is 0. The topological polar surface area (TPSA) is 97.5 Å². The summed E-state index contributed by atoms with van der Waals surface area (Å²) in [6.45, 7) is 0. The molecule has 6 nitrogen and oxygen atoms in total. The van der Waals surface area contributed by atoms with Crippen molar-refractivity contribution in [1.82, 2.24) is 0 Å². The van der Waals surface area contributed by atoms with Gasteiger partial charge in [-0.15, -0.1) is 0 Å². The fourth-order valence-electron chi connectivity index (χ4n) is 0.643. The van der Waals surface area contributed by atoms with Gasteiger partial charge in [-0.2, -0.15) is 0 Å². The van der Waals surface area contributed by atoms with Gasteiger partial charge in [0.05, 0.1) is 12.1 Å². The lowest BCUT2D eigenvalue weighted by Crippen LogP contribution is -2.25. The van der Waals surface area contributed by atoms with Gasteiger partial charge in [0.1, 0.15) is 0 Å². The van der Waals surface area contributed by atoms with Crippen LogP contribution in [0.15, 0.2) is 22.4 Å². The molecule has 0 bridgehead atoms. The molecule has 0 saturated carbocycles. The summed E-state index contributed by atoms with van der Waals surface area (Å²) in [5, 5.41) is 6.72. The fraction of sp³-hybridized carbons (Fsp3) is 0.500. The molecule has 50 valence electrons.